The van der Waals surface area contributed by atoms with Gasteiger partial charge in [0.1, 0.15) is 0 Å². The number of ether oxygens (including phenoxy) is 2. The fraction of sp³-hybridized carbons (Fsp3) is 0.600. The lowest BCUT2D eigenvalue weighted by atomic mass is 10.2. The summed E-state index contributed by atoms with van der Waals surface area (Å²) in [6.45, 7) is 7.11. The van der Waals surface area contributed by atoms with Gasteiger partial charge in [-0.2, -0.15) is 0 Å². The predicted octanol–water partition coefficient (Wildman–Crippen LogP) is 1.64. The van der Waals surface area contributed by atoms with E-state index in [9.17, 15) is 4.39 Å². The molecular formula is C15H23FN2O2. The highest BCUT2D eigenvalue weighted by Gasteiger charge is 2.18. The fourth-order valence-corrected chi connectivity index (χ4v) is 2.41. The lowest BCUT2D eigenvalue weighted by Crippen LogP contribution is -2.46. The molecule has 0 amide bonds. The standard InChI is InChI=1S/C15H23FN2O2/c1-3-18-7-8-20-13(11-18)10-17-9-12-5-4-6-14(19-2)15(12)16/h4-6,13,17H,3,7-11H2,1-2H3. The van der Waals surface area contributed by atoms with Gasteiger partial charge < -0.3 is 14.8 Å². The minimum atomic E-state index is -0.290. The monoisotopic (exact) mass is 282 g/mol. The van der Waals surface area contributed by atoms with Gasteiger partial charge in [-0.15, -0.1) is 0 Å². The molecule has 112 valence electrons. The number of halogens is 1. The zero-order chi connectivity index (χ0) is 14.4. The largest absolute Gasteiger partial charge is 0.494 e. The number of hydrogen-bond acceptors (Lipinski definition) is 4. The van der Waals surface area contributed by atoms with Crippen molar-refractivity contribution in [3.05, 3.63) is 29.6 Å². The third kappa shape index (κ3) is 3.91. The number of nitrogens with one attached hydrogen (secondary N) is 1. The smallest absolute Gasteiger partial charge is 0.169 e. The van der Waals surface area contributed by atoms with Crippen molar-refractivity contribution in [1.82, 2.24) is 10.2 Å². The quantitative estimate of drug-likeness (QED) is 0.860. The maximum atomic E-state index is 14.0. The van der Waals surface area contributed by atoms with Gasteiger partial charge in [0.2, 0.25) is 0 Å². The highest BCUT2D eigenvalue weighted by atomic mass is 19.1. The van der Waals surface area contributed by atoms with Gasteiger partial charge >= 0.3 is 0 Å². The zero-order valence-electron chi connectivity index (χ0n) is 12.2. The van der Waals surface area contributed by atoms with Gasteiger partial charge in [0.05, 0.1) is 19.8 Å². The molecule has 0 saturated carbocycles. The SMILES string of the molecule is CCN1CCOC(CNCc2cccc(OC)c2F)C1. The number of morpholine rings is 1. The van der Waals surface area contributed by atoms with E-state index >= 15 is 0 Å². The Hall–Kier alpha value is -1.17. The van der Waals surface area contributed by atoms with E-state index in [1.165, 1.54) is 7.11 Å². The molecule has 0 radical (unpaired) electrons. The van der Waals surface area contributed by atoms with Crippen LogP contribution in [0.5, 0.6) is 5.75 Å². The van der Waals surface area contributed by atoms with E-state index in [2.05, 4.69) is 17.1 Å². The van der Waals surface area contributed by atoms with Crippen LogP contribution in [0, 0.1) is 5.82 Å². The minimum absolute atomic E-state index is 0.178. The number of benzene rings is 1. The average molecular weight is 282 g/mol. The van der Waals surface area contributed by atoms with E-state index in [-0.39, 0.29) is 17.7 Å². The molecular weight excluding hydrogens is 259 g/mol. The zero-order valence-corrected chi connectivity index (χ0v) is 12.2. The highest BCUT2D eigenvalue weighted by molar-refractivity contribution is 5.30. The molecule has 5 heteroatoms. The Morgan fingerprint density at radius 2 is 2.35 bits per heavy atom. The minimum Gasteiger partial charge on any atom is -0.494 e. The number of rotatable bonds is 6. The van der Waals surface area contributed by atoms with Crippen molar-refractivity contribution in [3.63, 3.8) is 0 Å². The van der Waals surface area contributed by atoms with Gasteiger partial charge in [0, 0.05) is 31.7 Å². The lowest BCUT2D eigenvalue weighted by Gasteiger charge is -2.32. The highest BCUT2D eigenvalue weighted by Crippen LogP contribution is 2.19. The molecule has 1 atom stereocenters. The third-order valence-corrected chi connectivity index (χ3v) is 3.62. The molecule has 0 aromatic heterocycles. The molecule has 1 aliphatic rings. The van der Waals surface area contributed by atoms with Crippen LogP contribution in [0.3, 0.4) is 0 Å². The van der Waals surface area contributed by atoms with Gasteiger partial charge in [0.15, 0.2) is 11.6 Å². The third-order valence-electron chi connectivity index (χ3n) is 3.62. The summed E-state index contributed by atoms with van der Waals surface area (Å²) in [5.41, 5.74) is 0.618. The van der Waals surface area contributed by atoms with Gasteiger partial charge in [-0.05, 0) is 12.6 Å². The van der Waals surface area contributed by atoms with Crippen LogP contribution in [-0.4, -0.2) is 50.9 Å². The normalized spacial score (nSPS) is 20.1. The molecule has 1 aliphatic heterocycles. The first-order valence-corrected chi connectivity index (χ1v) is 7.10. The summed E-state index contributed by atoms with van der Waals surface area (Å²) < 4.78 is 24.6. The summed E-state index contributed by atoms with van der Waals surface area (Å²) in [6, 6.07) is 5.20. The van der Waals surface area contributed by atoms with Crippen LogP contribution in [0.4, 0.5) is 4.39 Å². The molecule has 0 bridgehead atoms. The van der Waals surface area contributed by atoms with Gasteiger partial charge in [-0.25, -0.2) is 4.39 Å². The molecule has 0 aliphatic carbocycles. The van der Waals surface area contributed by atoms with Crippen LogP contribution in [0.25, 0.3) is 0 Å². The molecule has 1 aromatic carbocycles. The second-order valence-corrected chi connectivity index (χ2v) is 4.95. The van der Waals surface area contributed by atoms with Crippen molar-refractivity contribution in [2.24, 2.45) is 0 Å². The van der Waals surface area contributed by atoms with Crippen LogP contribution in [0.1, 0.15) is 12.5 Å². The first-order chi connectivity index (χ1) is 9.74. The van der Waals surface area contributed by atoms with Crippen LogP contribution < -0.4 is 10.1 Å². The summed E-state index contributed by atoms with van der Waals surface area (Å²) in [4.78, 5) is 2.36. The molecule has 4 nitrogen and oxygen atoms in total. The van der Waals surface area contributed by atoms with Gasteiger partial charge in [-0.3, -0.25) is 4.90 Å². The Labute approximate surface area is 119 Å². The van der Waals surface area contributed by atoms with E-state index < -0.39 is 0 Å². The van der Waals surface area contributed by atoms with Crippen molar-refractivity contribution < 1.29 is 13.9 Å². The topological polar surface area (TPSA) is 33.7 Å². The Bertz CT molecular complexity index is 428. The first-order valence-electron chi connectivity index (χ1n) is 7.10. The van der Waals surface area contributed by atoms with E-state index in [1.807, 2.05) is 0 Å². The average Bonchev–Trinajstić information content (AvgIpc) is 2.49. The lowest BCUT2D eigenvalue weighted by molar-refractivity contribution is -0.0254. The summed E-state index contributed by atoms with van der Waals surface area (Å²) in [7, 11) is 1.48. The maximum absolute atomic E-state index is 14.0. The number of nitrogens with zero attached hydrogens (tertiary/aromatic N) is 1. The Morgan fingerprint density at radius 1 is 1.50 bits per heavy atom. The summed E-state index contributed by atoms with van der Waals surface area (Å²) in [5, 5.41) is 3.26. The second kappa shape index (κ2) is 7.57. The molecule has 1 unspecified atom stereocenters. The van der Waals surface area contributed by atoms with Crippen molar-refractivity contribution >= 4 is 0 Å². The predicted molar refractivity (Wildman–Crippen MR) is 76.5 cm³/mol. The molecule has 1 fully saturated rings. The van der Waals surface area contributed by atoms with Crippen molar-refractivity contribution in [2.45, 2.75) is 19.6 Å². The Kier molecular flexibility index (Phi) is 5.76. The van der Waals surface area contributed by atoms with Gasteiger partial charge in [-0.1, -0.05) is 19.1 Å². The van der Waals surface area contributed by atoms with Gasteiger partial charge in [0.25, 0.3) is 0 Å². The van der Waals surface area contributed by atoms with Crippen LogP contribution in [0.15, 0.2) is 18.2 Å². The molecule has 20 heavy (non-hydrogen) atoms. The molecule has 2 rings (SSSR count). The van der Waals surface area contributed by atoms with Crippen molar-refractivity contribution in [2.75, 3.05) is 39.9 Å². The van der Waals surface area contributed by atoms with Crippen molar-refractivity contribution in [3.8, 4) is 5.75 Å². The molecule has 1 heterocycles. The van der Waals surface area contributed by atoms with Crippen LogP contribution >= 0.6 is 0 Å². The summed E-state index contributed by atoms with van der Waals surface area (Å²) in [6.07, 6.45) is 0.178. The van der Waals surface area contributed by atoms with Crippen LogP contribution in [-0.2, 0) is 11.3 Å². The number of likely N-dealkylation sites (N-methyl/N-ethyl adjacent to an activating group) is 1. The number of hydrogen-bond donors (Lipinski definition) is 1. The molecule has 1 N–H and O–H groups in total. The molecule has 0 spiro atoms. The second-order valence-electron chi connectivity index (χ2n) is 4.95. The Morgan fingerprint density at radius 3 is 3.10 bits per heavy atom. The molecule has 1 aromatic rings. The van der Waals surface area contributed by atoms with E-state index in [1.54, 1.807) is 18.2 Å². The first kappa shape index (κ1) is 15.2. The van der Waals surface area contributed by atoms with E-state index in [0.717, 1.165) is 32.8 Å². The molecule has 1 saturated heterocycles. The fourth-order valence-electron chi connectivity index (χ4n) is 2.41. The Balaban J connectivity index is 1.81. The van der Waals surface area contributed by atoms with E-state index in [4.69, 9.17) is 9.47 Å². The van der Waals surface area contributed by atoms with E-state index in [0.29, 0.717) is 12.1 Å². The number of methoxy groups -OCH3 is 1. The maximum Gasteiger partial charge on any atom is 0.169 e. The van der Waals surface area contributed by atoms with Crippen LogP contribution in [0.2, 0.25) is 0 Å². The summed E-state index contributed by atoms with van der Waals surface area (Å²) >= 11 is 0. The summed E-state index contributed by atoms with van der Waals surface area (Å²) in [5.74, 6) is -0.00220. The van der Waals surface area contributed by atoms with Crippen molar-refractivity contribution in [1.29, 1.82) is 0 Å².